The number of nitrogens with zero attached hydrogens (tertiary/aromatic N) is 2. The first-order valence-electron chi connectivity index (χ1n) is 5.68. The van der Waals surface area contributed by atoms with E-state index in [9.17, 15) is 4.39 Å². The number of rotatable bonds is 5. The van der Waals surface area contributed by atoms with Gasteiger partial charge in [0.15, 0.2) is 0 Å². The second-order valence-corrected chi connectivity index (χ2v) is 4.85. The molecule has 0 radical (unpaired) electrons. The monoisotopic (exact) mass is 285 g/mol. The van der Waals surface area contributed by atoms with Gasteiger partial charge in [-0.1, -0.05) is 18.5 Å². The lowest BCUT2D eigenvalue weighted by Crippen LogP contribution is -2.23. The second-order valence-electron chi connectivity index (χ2n) is 3.89. The molecule has 1 unspecified atom stereocenters. The summed E-state index contributed by atoms with van der Waals surface area (Å²) in [6.07, 6.45) is 2.65. The third-order valence-electron chi connectivity index (χ3n) is 2.54. The zero-order chi connectivity index (χ0) is 13.0. The summed E-state index contributed by atoms with van der Waals surface area (Å²) < 4.78 is 21.5. The lowest BCUT2D eigenvalue weighted by molar-refractivity contribution is 0.579. The van der Waals surface area contributed by atoms with Crippen molar-refractivity contribution in [3.05, 3.63) is 46.5 Å². The van der Waals surface area contributed by atoms with Crippen molar-refractivity contribution in [1.29, 1.82) is 0 Å². The molecular formula is C12H13ClFN3S. The van der Waals surface area contributed by atoms with Gasteiger partial charge in [-0.2, -0.15) is 8.75 Å². The van der Waals surface area contributed by atoms with E-state index in [-0.39, 0.29) is 11.9 Å². The van der Waals surface area contributed by atoms with Crippen LogP contribution in [-0.2, 0) is 0 Å². The molecule has 0 aliphatic rings. The summed E-state index contributed by atoms with van der Waals surface area (Å²) in [5.74, 6) is -0.305. The summed E-state index contributed by atoms with van der Waals surface area (Å²) in [6, 6.07) is 4.14. The largest absolute Gasteiger partial charge is 0.305 e. The van der Waals surface area contributed by atoms with Gasteiger partial charge in [-0.25, -0.2) is 4.39 Å². The molecule has 1 heterocycles. The van der Waals surface area contributed by atoms with Crippen LogP contribution >= 0.6 is 23.3 Å². The molecule has 3 nitrogen and oxygen atoms in total. The molecule has 1 atom stereocenters. The van der Waals surface area contributed by atoms with E-state index in [0.717, 1.165) is 30.4 Å². The van der Waals surface area contributed by atoms with Crippen LogP contribution in [0.3, 0.4) is 0 Å². The van der Waals surface area contributed by atoms with Crippen molar-refractivity contribution in [3.8, 4) is 0 Å². The Morgan fingerprint density at radius 1 is 1.50 bits per heavy atom. The van der Waals surface area contributed by atoms with Gasteiger partial charge in [0.1, 0.15) is 5.82 Å². The van der Waals surface area contributed by atoms with E-state index >= 15 is 0 Å². The maximum absolute atomic E-state index is 13.4. The predicted molar refractivity (Wildman–Crippen MR) is 71.5 cm³/mol. The van der Waals surface area contributed by atoms with Crippen LogP contribution in [0.15, 0.2) is 24.4 Å². The first-order valence-corrected chi connectivity index (χ1v) is 6.79. The van der Waals surface area contributed by atoms with Gasteiger partial charge in [-0.15, -0.1) is 0 Å². The molecule has 1 aromatic heterocycles. The Morgan fingerprint density at radius 3 is 3.00 bits per heavy atom. The molecule has 0 amide bonds. The summed E-state index contributed by atoms with van der Waals surface area (Å²) >= 11 is 7.26. The molecule has 18 heavy (non-hydrogen) atoms. The number of halogens is 2. The minimum absolute atomic E-state index is 0.216. The number of nitrogens with one attached hydrogen (secondary N) is 1. The van der Waals surface area contributed by atoms with Crippen molar-refractivity contribution in [1.82, 2.24) is 14.1 Å². The summed E-state index contributed by atoms with van der Waals surface area (Å²) in [6.45, 7) is 2.87. The summed E-state index contributed by atoms with van der Waals surface area (Å²) in [7, 11) is 0. The first-order chi connectivity index (χ1) is 8.72. The third kappa shape index (κ3) is 3.04. The van der Waals surface area contributed by atoms with Crippen molar-refractivity contribution in [2.75, 3.05) is 6.54 Å². The Balaban J connectivity index is 2.36. The van der Waals surface area contributed by atoms with Gasteiger partial charge in [0.25, 0.3) is 0 Å². The Labute approximate surface area is 114 Å². The van der Waals surface area contributed by atoms with Gasteiger partial charge in [0.05, 0.1) is 29.7 Å². The summed E-state index contributed by atoms with van der Waals surface area (Å²) in [5.41, 5.74) is 1.46. The Bertz CT molecular complexity index is 504. The van der Waals surface area contributed by atoms with Crippen LogP contribution in [0.2, 0.25) is 5.02 Å². The standard InChI is InChI=1S/C12H13ClFN3S/c1-2-5-15-12(11-7-16-18-17-11)9-6-8(14)3-4-10(9)13/h3-4,6-7,12,15H,2,5H2,1H3. The number of hydrogen-bond donors (Lipinski definition) is 1. The highest BCUT2D eigenvalue weighted by Crippen LogP contribution is 2.28. The maximum Gasteiger partial charge on any atom is 0.123 e. The molecule has 0 bridgehead atoms. The molecule has 0 fully saturated rings. The Kier molecular flexibility index (Phi) is 4.63. The summed E-state index contributed by atoms with van der Waals surface area (Å²) in [5, 5.41) is 3.84. The van der Waals surface area contributed by atoms with Gasteiger partial charge in [-0.3, -0.25) is 0 Å². The molecule has 0 aliphatic heterocycles. The summed E-state index contributed by atoms with van der Waals surface area (Å²) in [4.78, 5) is 0. The fourth-order valence-corrected chi connectivity index (χ4v) is 2.37. The molecule has 0 aliphatic carbocycles. The van der Waals surface area contributed by atoms with E-state index in [1.165, 1.54) is 12.1 Å². The molecule has 0 saturated heterocycles. The van der Waals surface area contributed by atoms with E-state index in [0.29, 0.717) is 10.6 Å². The van der Waals surface area contributed by atoms with Crippen molar-refractivity contribution in [2.24, 2.45) is 0 Å². The average molecular weight is 286 g/mol. The van der Waals surface area contributed by atoms with Gasteiger partial charge >= 0.3 is 0 Å². The zero-order valence-corrected chi connectivity index (χ0v) is 11.4. The molecule has 2 aromatic rings. The minimum atomic E-state index is -0.305. The van der Waals surface area contributed by atoms with E-state index in [2.05, 4.69) is 21.0 Å². The minimum Gasteiger partial charge on any atom is -0.305 e. The fourth-order valence-electron chi connectivity index (χ4n) is 1.70. The quantitative estimate of drug-likeness (QED) is 0.915. The van der Waals surface area contributed by atoms with Gasteiger partial charge in [0.2, 0.25) is 0 Å². The fraction of sp³-hybridized carbons (Fsp3) is 0.333. The highest BCUT2D eigenvalue weighted by atomic mass is 35.5. The van der Waals surface area contributed by atoms with Crippen LogP contribution in [0.5, 0.6) is 0 Å². The van der Waals surface area contributed by atoms with Gasteiger partial charge in [0, 0.05) is 5.02 Å². The van der Waals surface area contributed by atoms with Crippen LogP contribution in [0.4, 0.5) is 4.39 Å². The van der Waals surface area contributed by atoms with E-state index in [1.54, 1.807) is 12.3 Å². The molecular weight excluding hydrogens is 273 g/mol. The Morgan fingerprint density at radius 2 is 2.33 bits per heavy atom. The molecule has 0 saturated carbocycles. The average Bonchev–Trinajstić information content (AvgIpc) is 2.88. The number of aromatic nitrogens is 2. The first kappa shape index (κ1) is 13.4. The van der Waals surface area contributed by atoms with Crippen LogP contribution in [0.25, 0.3) is 0 Å². The second kappa shape index (κ2) is 6.22. The van der Waals surface area contributed by atoms with E-state index in [4.69, 9.17) is 11.6 Å². The van der Waals surface area contributed by atoms with E-state index in [1.807, 2.05) is 0 Å². The number of benzene rings is 1. The normalized spacial score (nSPS) is 12.6. The van der Waals surface area contributed by atoms with Crippen LogP contribution < -0.4 is 5.32 Å². The topological polar surface area (TPSA) is 37.8 Å². The predicted octanol–water partition coefficient (Wildman–Crippen LogP) is 3.42. The van der Waals surface area contributed by atoms with Crippen molar-refractivity contribution >= 4 is 23.3 Å². The maximum atomic E-state index is 13.4. The highest BCUT2D eigenvalue weighted by Gasteiger charge is 2.19. The van der Waals surface area contributed by atoms with Crippen molar-refractivity contribution in [3.63, 3.8) is 0 Å². The molecule has 1 aromatic carbocycles. The lowest BCUT2D eigenvalue weighted by Gasteiger charge is -2.17. The van der Waals surface area contributed by atoms with Crippen LogP contribution in [0.1, 0.15) is 30.6 Å². The van der Waals surface area contributed by atoms with E-state index < -0.39 is 0 Å². The van der Waals surface area contributed by atoms with Crippen molar-refractivity contribution in [2.45, 2.75) is 19.4 Å². The molecule has 2 rings (SSSR count). The molecule has 1 N–H and O–H groups in total. The molecule has 96 valence electrons. The number of hydrogen-bond acceptors (Lipinski definition) is 4. The Hall–Kier alpha value is -1.04. The lowest BCUT2D eigenvalue weighted by atomic mass is 10.0. The van der Waals surface area contributed by atoms with Crippen LogP contribution in [-0.4, -0.2) is 15.3 Å². The molecule has 0 spiro atoms. The third-order valence-corrected chi connectivity index (χ3v) is 3.38. The highest BCUT2D eigenvalue weighted by molar-refractivity contribution is 6.99. The van der Waals surface area contributed by atoms with Crippen molar-refractivity contribution < 1.29 is 4.39 Å². The SMILES string of the molecule is CCCNC(c1cnsn1)c1cc(F)ccc1Cl. The molecule has 6 heteroatoms. The zero-order valence-electron chi connectivity index (χ0n) is 9.86. The van der Waals surface area contributed by atoms with Gasteiger partial charge < -0.3 is 5.32 Å². The smallest absolute Gasteiger partial charge is 0.123 e. The van der Waals surface area contributed by atoms with Crippen LogP contribution in [0, 0.1) is 5.82 Å². The van der Waals surface area contributed by atoms with Gasteiger partial charge in [-0.05, 0) is 36.7 Å².